The van der Waals surface area contributed by atoms with Crippen LogP contribution in [0.1, 0.15) is 32.4 Å². The second kappa shape index (κ2) is 7.83. The van der Waals surface area contributed by atoms with Gasteiger partial charge in [-0.05, 0) is 35.9 Å². The molecule has 6 nitrogen and oxygen atoms in total. The molecule has 1 aliphatic carbocycles. The molecule has 0 radical (unpaired) electrons. The lowest BCUT2D eigenvalue weighted by atomic mass is 9.77. The number of fused-ring (bicyclic) bond motifs is 3. The fraction of sp³-hybridized carbons (Fsp3) is 0.154. The van der Waals surface area contributed by atoms with Crippen molar-refractivity contribution in [2.75, 3.05) is 4.90 Å². The number of hydrogen-bond acceptors (Lipinski definition) is 5. The molecule has 1 spiro atoms. The summed E-state index contributed by atoms with van der Waals surface area (Å²) in [7, 11) is 0. The smallest absolute Gasteiger partial charge is 0.241 e. The monoisotopic (exact) mass is 569 g/mol. The van der Waals surface area contributed by atoms with Crippen LogP contribution < -0.4 is 4.90 Å². The first-order chi connectivity index (χ1) is 16.8. The highest BCUT2D eigenvalue weighted by molar-refractivity contribution is 9.10. The van der Waals surface area contributed by atoms with Crippen molar-refractivity contribution in [3.05, 3.63) is 97.9 Å². The van der Waals surface area contributed by atoms with Gasteiger partial charge >= 0.3 is 0 Å². The zero-order valence-corrected chi connectivity index (χ0v) is 20.8. The van der Waals surface area contributed by atoms with Crippen molar-refractivity contribution >= 4 is 68.2 Å². The zero-order chi connectivity index (χ0) is 24.6. The Labute approximate surface area is 217 Å². The minimum Gasteiger partial charge on any atom is -0.349 e. The van der Waals surface area contributed by atoms with Gasteiger partial charge in [0.25, 0.3) is 0 Å². The Morgan fingerprint density at radius 2 is 1.46 bits per heavy atom. The van der Waals surface area contributed by atoms with Gasteiger partial charge in [0.05, 0.1) is 28.6 Å². The third-order valence-electron chi connectivity index (χ3n) is 6.87. The Hall–Kier alpha value is -2.84. The van der Waals surface area contributed by atoms with E-state index in [1.165, 1.54) is 30.3 Å². The van der Waals surface area contributed by atoms with E-state index in [4.69, 9.17) is 27.9 Å². The van der Waals surface area contributed by atoms with Crippen molar-refractivity contribution in [3.63, 3.8) is 0 Å². The number of carbonyl (C=O) groups is 4. The fourth-order valence-electron chi connectivity index (χ4n) is 5.37. The van der Waals surface area contributed by atoms with E-state index in [-0.39, 0.29) is 21.8 Å². The van der Waals surface area contributed by atoms with Gasteiger partial charge in [-0.25, -0.2) is 4.90 Å². The van der Waals surface area contributed by atoms with Crippen LogP contribution in [-0.2, 0) is 14.3 Å². The van der Waals surface area contributed by atoms with E-state index in [1.54, 1.807) is 36.4 Å². The first kappa shape index (κ1) is 22.6. The van der Waals surface area contributed by atoms with Crippen molar-refractivity contribution < 1.29 is 23.9 Å². The zero-order valence-electron chi connectivity index (χ0n) is 17.7. The molecule has 2 heterocycles. The molecule has 35 heavy (non-hydrogen) atoms. The molecule has 0 saturated carbocycles. The molecule has 3 unspecified atom stereocenters. The maximum absolute atomic E-state index is 13.9. The van der Waals surface area contributed by atoms with Crippen LogP contribution in [-0.4, -0.2) is 29.0 Å². The summed E-state index contributed by atoms with van der Waals surface area (Å²) in [5, 5.41) is 0.434. The van der Waals surface area contributed by atoms with Gasteiger partial charge in [0.1, 0.15) is 0 Å². The largest absolute Gasteiger partial charge is 0.349 e. The number of Topliss-reactive ketones (excluding diaryl/α,β-unsaturated/α-hetero) is 2. The van der Waals surface area contributed by atoms with Crippen LogP contribution in [0.25, 0.3) is 0 Å². The molecule has 9 heteroatoms. The van der Waals surface area contributed by atoms with Crippen molar-refractivity contribution in [2.24, 2.45) is 11.8 Å². The van der Waals surface area contributed by atoms with Crippen LogP contribution in [0.15, 0.2) is 71.2 Å². The Kier molecular flexibility index (Phi) is 5.06. The second-order valence-corrected chi connectivity index (χ2v) is 10.4. The van der Waals surface area contributed by atoms with E-state index in [2.05, 4.69) is 15.9 Å². The van der Waals surface area contributed by atoms with E-state index in [9.17, 15) is 19.2 Å². The summed E-state index contributed by atoms with van der Waals surface area (Å²) >= 11 is 15.7. The molecular weight excluding hydrogens is 557 g/mol. The van der Waals surface area contributed by atoms with Crippen molar-refractivity contribution in [3.8, 4) is 0 Å². The highest BCUT2D eigenvalue weighted by Gasteiger charge is 2.74. The van der Waals surface area contributed by atoms with Gasteiger partial charge in [0, 0.05) is 20.6 Å². The SMILES string of the molecule is O=C1C2C(c3ccc(Br)cc3)OC3(C(=O)c4ccccc4C3=O)C2C(=O)N1c1ccc(Cl)cc1Cl. The molecule has 0 N–H and O–H groups in total. The van der Waals surface area contributed by atoms with Crippen LogP contribution in [0, 0.1) is 11.8 Å². The average molecular weight is 571 g/mol. The maximum atomic E-state index is 13.9. The third-order valence-corrected chi connectivity index (χ3v) is 7.93. The molecule has 174 valence electrons. The number of hydrogen-bond donors (Lipinski definition) is 0. The molecule has 3 atom stereocenters. The minimum atomic E-state index is -2.13. The Morgan fingerprint density at radius 3 is 2.06 bits per heavy atom. The second-order valence-electron chi connectivity index (χ2n) is 8.64. The predicted octanol–water partition coefficient (Wildman–Crippen LogP) is 5.45. The van der Waals surface area contributed by atoms with Crippen LogP contribution in [0.3, 0.4) is 0 Å². The first-order valence-corrected chi connectivity index (χ1v) is 12.3. The summed E-state index contributed by atoms with van der Waals surface area (Å²) in [6.45, 7) is 0. The molecule has 2 amide bonds. The van der Waals surface area contributed by atoms with Crippen LogP contribution in [0.5, 0.6) is 0 Å². The molecule has 2 saturated heterocycles. The quantitative estimate of drug-likeness (QED) is 0.302. The van der Waals surface area contributed by atoms with Crippen molar-refractivity contribution in [2.45, 2.75) is 11.7 Å². The summed E-state index contributed by atoms with van der Waals surface area (Å²) in [5.74, 6) is -4.97. The summed E-state index contributed by atoms with van der Waals surface area (Å²) in [6, 6.07) is 17.8. The summed E-state index contributed by atoms with van der Waals surface area (Å²) in [4.78, 5) is 56.1. The highest BCUT2D eigenvalue weighted by Crippen LogP contribution is 2.58. The summed E-state index contributed by atoms with van der Waals surface area (Å²) in [5.41, 5.74) is -1.07. The number of ether oxygens (including phenoxy) is 1. The highest BCUT2D eigenvalue weighted by atomic mass is 79.9. The maximum Gasteiger partial charge on any atom is 0.241 e. The summed E-state index contributed by atoms with van der Waals surface area (Å²) in [6.07, 6.45) is -0.997. The van der Waals surface area contributed by atoms with Crippen LogP contribution >= 0.6 is 39.1 Å². The Balaban J connectivity index is 1.55. The first-order valence-electron chi connectivity index (χ1n) is 10.7. The number of imide groups is 1. The predicted molar refractivity (Wildman–Crippen MR) is 132 cm³/mol. The number of anilines is 1. The number of ketones is 2. The van der Waals surface area contributed by atoms with Crippen LogP contribution in [0.2, 0.25) is 10.0 Å². The topological polar surface area (TPSA) is 80.8 Å². The van der Waals surface area contributed by atoms with Gasteiger partial charge in [-0.3, -0.25) is 19.2 Å². The van der Waals surface area contributed by atoms with Gasteiger partial charge in [0.15, 0.2) is 0 Å². The molecule has 3 aliphatic rings. The van der Waals surface area contributed by atoms with E-state index in [0.29, 0.717) is 10.6 Å². The van der Waals surface area contributed by atoms with Crippen molar-refractivity contribution in [1.29, 1.82) is 0 Å². The molecule has 3 aromatic rings. The molecular formula is C26H14BrCl2NO5. The third kappa shape index (κ3) is 2.99. The van der Waals surface area contributed by atoms with Gasteiger partial charge in [-0.2, -0.15) is 0 Å². The lowest BCUT2D eigenvalue weighted by molar-refractivity contribution is -0.127. The van der Waals surface area contributed by atoms with E-state index in [1.807, 2.05) is 0 Å². The van der Waals surface area contributed by atoms with Gasteiger partial charge in [0.2, 0.25) is 29.0 Å². The van der Waals surface area contributed by atoms with Gasteiger partial charge in [-0.1, -0.05) is 75.5 Å². The lowest BCUT2D eigenvalue weighted by Crippen LogP contribution is -2.51. The number of carbonyl (C=O) groups excluding carboxylic acids is 4. The Morgan fingerprint density at radius 1 is 0.829 bits per heavy atom. The van der Waals surface area contributed by atoms with E-state index >= 15 is 0 Å². The molecule has 3 aromatic carbocycles. The van der Waals surface area contributed by atoms with Gasteiger partial charge in [-0.15, -0.1) is 0 Å². The molecule has 2 aliphatic heterocycles. The van der Waals surface area contributed by atoms with E-state index in [0.717, 1.165) is 9.37 Å². The normalized spacial score (nSPS) is 24.4. The molecule has 2 fully saturated rings. The minimum absolute atomic E-state index is 0.0988. The number of halogens is 3. The number of benzene rings is 3. The molecule has 6 rings (SSSR count). The number of nitrogens with zero attached hydrogens (tertiary/aromatic N) is 1. The Bertz CT molecular complexity index is 1440. The average Bonchev–Trinajstić information content (AvgIpc) is 3.40. The summed E-state index contributed by atoms with van der Waals surface area (Å²) < 4.78 is 7.05. The molecule has 0 bridgehead atoms. The van der Waals surface area contributed by atoms with Gasteiger partial charge < -0.3 is 4.74 Å². The van der Waals surface area contributed by atoms with E-state index < -0.39 is 46.9 Å². The fourth-order valence-corrected chi connectivity index (χ4v) is 6.13. The van der Waals surface area contributed by atoms with Crippen LogP contribution in [0.4, 0.5) is 5.69 Å². The lowest BCUT2D eigenvalue weighted by Gasteiger charge is -2.27. The van der Waals surface area contributed by atoms with Crippen molar-refractivity contribution in [1.82, 2.24) is 0 Å². The molecule has 0 aromatic heterocycles. The standard InChI is InChI=1S/C26H14BrCl2NO5/c27-13-7-5-12(6-8-13)21-19-20(25(34)30(24(19)33)18-10-9-14(28)11-17(18)29)26(35-21)22(31)15-3-1-2-4-16(15)23(26)32/h1-11,19-21H. The number of amides is 2. The number of rotatable bonds is 2.